The molecule has 4 rings (SSSR count). The van der Waals surface area contributed by atoms with Crippen LogP contribution in [0.4, 0.5) is 8.78 Å². The summed E-state index contributed by atoms with van der Waals surface area (Å²) in [5.74, 6) is -7.88. The van der Waals surface area contributed by atoms with Gasteiger partial charge in [0.1, 0.15) is 6.02 Å². The predicted molar refractivity (Wildman–Crippen MR) is 111 cm³/mol. The number of nitrogens with zero attached hydrogens (tertiary/aromatic N) is 1. The Morgan fingerprint density at radius 2 is 1.94 bits per heavy atom. The van der Waals surface area contributed by atoms with E-state index in [4.69, 9.17) is 15.7 Å². The van der Waals surface area contributed by atoms with Gasteiger partial charge in [0, 0.05) is 38.3 Å². The number of nitrogens with one attached hydrogen (secondary N) is 1. The van der Waals surface area contributed by atoms with Crippen molar-refractivity contribution in [2.45, 2.75) is 44.1 Å². The quantitative estimate of drug-likeness (QED) is 0.665. The minimum absolute atomic E-state index is 0.0503. The van der Waals surface area contributed by atoms with Gasteiger partial charge in [-0.05, 0) is 42.1 Å². The molecule has 0 bridgehead atoms. The van der Waals surface area contributed by atoms with E-state index in [9.17, 15) is 28.0 Å². The van der Waals surface area contributed by atoms with Gasteiger partial charge in [0.15, 0.2) is 0 Å². The molecule has 6 nitrogen and oxygen atoms in total. The number of benzene rings is 2. The van der Waals surface area contributed by atoms with Crippen LogP contribution in [0.25, 0.3) is 0 Å². The highest BCUT2D eigenvalue weighted by Crippen LogP contribution is 2.32. The second kappa shape index (κ2) is 8.43. The molecule has 1 atom stereocenters. The molecule has 32 heavy (non-hydrogen) atoms. The van der Waals surface area contributed by atoms with Crippen LogP contribution in [0.15, 0.2) is 42.5 Å². The maximum Gasteiger partial charge on any atom is 0.330 e. The number of alkyl halides is 2. The molecule has 2 aliphatic rings. The normalized spacial score (nSPS) is 23.8. The fourth-order valence-electron chi connectivity index (χ4n) is 3.64. The lowest BCUT2D eigenvalue weighted by Gasteiger charge is -2.29. The highest BCUT2D eigenvalue weighted by atomic mass is 35.5. The van der Waals surface area contributed by atoms with Crippen LogP contribution >= 0.6 is 11.6 Å². The number of ketones is 1. The van der Waals surface area contributed by atoms with E-state index in [2.05, 4.69) is 0 Å². The second-order valence-electron chi connectivity index (χ2n) is 7.47. The third-order valence-electron chi connectivity index (χ3n) is 5.33. The molecule has 0 spiro atoms. The fourth-order valence-corrected chi connectivity index (χ4v) is 3.76. The number of piperidine rings is 1. The summed E-state index contributed by atoms with van der Waals surface area (Å²) in [6.07, 6.45) is -3.93. The van der Waals surface area contributed by atoms with Crippen molar-refractivity contribution in [2.24, 2.45) is 0 Å². The standard InChI is InChI=1S/C23H19ClF2N2O4/c24-16-5-3-15(4-6-16)23(25,26)19(29)9-2-13-1-7-17-14(11-13)12-28(22(17)32)18-8-10-20(30)27-21(18)31/h1,3-7,11,18H,2,8-10,12H2,(H,27,30,31)/t18-/m0/s1/i8D2,18D. The molecule has 0 aromatic heterocycles. The summed E-state index contributed by atoms with van der Waals surface area (Å²) in [5, 5.41) is 2.17. The van der Waals surface area contributed by atoms with Crippen molar-refractivity contribution in [3.05, 3.63) is 69.7 Å². The first kappa shape index (κ1) is 18.4. The highest BCUT2D eigenvalue weighted by molar-refractivity contribution is 6.30. The first-order valence-corrected chi connectivity index (χ1v) is 10.1. The first-order chi connectivity index (χ1) is 16.3. The lowest BCUT2D eigenvalue weighted by atomic mass is 9.97. The van der Waals surface area contributed by atoms with Gasteiger partial charge in [0.2, 0.25) is 17.6 Å². The van der Waals surface area contributed by atoms with Gasteiger partial charge in [-0.25, -0.2) is 0 Å². The lowest BCUT2D eigenvalue weighted by Crippen LogP contribution is -2.52. The molecule has 1 fully saturated rings. The van der Waals surface area contributed by atoms with Crippen LogP contribution in [0.2, 0.25) is 5.02 Å². The summed E-state index contributed by atoms with van der Waals surface area (Å²) in [6, 6.07) is 6.40. The van der Waals surface area contributed by atoms with E-state index in [0.717, 1.165) is 17.0 Å². The number of amides is 3. The monoisotopic (exact) mass is 463 g/mol. The molecule has 2 aliphatic heterocycles. The van der Waals surface area contributed by atoms with Gasteiger partial charge in [-0.3, -0.25) is 24.5 Å². The van der Waals surface area contributed by atoms with Crippen molar-refractivity contribution < 1.29 is 32.1 Å². The molecular weight excluding hydrogens is 442 g/mol. The fraction of sp³-hybridized carbons (Fsp3) is 0.304. The van der Waals surface area contributed by atoms with E-state index in [1.807, 2.05) is 5.32 Å². The maximum atomic E-state index is 14.5. The molecule has 166 valence electrons. The van der Waals surface area contributed by atoms with E-state index in [-0.39, 0.29) is 23.6 Å². The van der Waals surface area contributed by atoms with Crippen LogP contribution in [0.5, 0.6) is 0 Å². The van der Waals surface area contributed by atoms with Gasteiger partial charge in [0.05, 0.1) is 1.37 Å². The Labute approximate surface area is 191 Å². The molecule has 9 heteroatoms. The van der Waals surface area contributed by atoms with Crippen molar-refractivity contribution >= 4 is 35.1 Å². The molecule has 1 saturated heterocycles. The maximum absolute atomic E-state index is 14.5. The Balaban J connectivity index is 1.51. The highest BCUT2D eigenvalue weighted by Gasteiger charge is 2.41. The Morgan fingerprint density at radius 3 is 2.62 bits per heavy atom. The van der Waals surface area contributed by atoms with Gasteiger partial charge in [0.25, 0.3) is 5.91 Å². The van der Waals surface area contributed by atoms with Crippen LogP contribution in [-0.2, 0) is 33.3 Å². The molecular formula is C23H19ClF2N2O4. The van der Waals surface area contributed by atoms with Gasteiger partial charge < -0.3 is 4.90 Å². The summed E-state index contributed by atoms with van der Waals surface area (Å²) in [5.41, 5.74) is 0.487. The van der Waals surface area contributed by atoms with Crippen molar-refractivity contribution in [1.29, 1.82) is 0 Å². The molecule has 0 radical (unpaired) electrons. The van der Waals surface area contributed by atoms with Crippen LogP contribution in [0, 0.1) is 0 Å². The Bertz CT molecular complexity index is 1260. The topological polar surface area (TPSA) is 83.6 Å². The molecule has 3 amide bonds. The van der Waals surface area contributed by atoms with E-state index in [1.165, 1.54) is 30.3 Å². The lowest BCUT2D eigenvalue weighted by molar-refractivity contribution is -0.144. The predicted octanol–water partition coefficient (Wildman–Crippen LogP) is 3.39. The largest absolute Gasteiger partial charge is 0.330 e. The molecule has 2 heterocycles. The zero-order valence-electron chi connectivity index (χ0n) is 19.6. The molecule has 0 saturated carbocycles. The molecule has 1 N–H and O–H groups in total. The number of rotatable bonds is 6. The summed E-state index contributed by atoms with van der Waals surface area (Å²) < 4.78 is 53.7. The number of halogens is 3. The molecule has 0 unspecified atom stereocenters. The minimum Gasteiger partial charge on any atom is -0.322 e. The SMILES string of the molecule is [2H]C1([2H])CC(=O)NC(=O)[C@@]1([2H])N1Cc2cc(CCC(=O)C(F)(F)c3ccc(Cl)cc3)ccc2C1=O. The van der Waals surface area contributed by atoms with Crippen LogP contribution in [0.1, 0.15) is 50.4 Å². The number of hydrogen-bond acceptors (Lipinski definition) is 4. The Morgan fingerprint density at radius 1 is 1.22 bits per heavy atom. The number of fused-ring (bicyclic) bond motifs is 1. The minimum atomic E-state index is -3.71. The Hall–Kier alpha value is -3.13. The van der Waals surface area contributed by atoms with E-state index in [0.29, 0.717) is 11.1 Å². The van der Waals surface area contributed by atoms with Crippen LogP contribution < -0.4 is 5.32 Å². The molecule has 2 aromatic carbocycles. The van der Waals surface area contributed by atoms with Gasteiger partial charge in [-0.15, -0.1) is 0 Å². The van der Waals surface area contributed by atoms with Crippen LogP contribution in [0.3, 0.4) is 0 Å². The number of imide groups is 1. The smallest absolute Gasteiger partial charge is 0.322 e. The van der Waals surface area contributed by atoms with Crippen LogP contribution in [-0.4, -0.2) is 34.4 Å². The average molecular weight is 464 g/mol. The average Bonchev–Trinajstić information content (AvgIpc) is 3.11. The van der Waals surface area contributed by atoms with E-state index >= 15 is 0 Å². The third-order valence-corrected chi connectivity index (χ3v) is 5.58. The summed E-state index contributed by atoms with van der Waals surface area (Å²) >= 11 is 5.71. The summed E-state index contributed by atoms with van der Waals surface area (Å²) in [7, 11) is 0. The van der Waals surface area contributed by atoms with Gasteiger partial charge in [-0.2, -0.15) is 8.78 Å². The Kier molecular flexibility index (Phi) is 4.86. The molecule has 2 aromatic rings. The molecule has 0 aliphatic carbocycles. The first-order valence-electron chi connectivity index (χ1n) is 11.2. The zero-order valence-corrected chi connectivity index (χ0v) is 17.3. The zero-order chi connectivity index (χ0) is 25.8. The third kappa shape index (κ3) is 4.14. The number of carbonyl (C=O) groups excluding carboxylic acids is 4. The van der Waals surface area contributed by atoms with Crippen molar-refractivity contribution in [2.75, 3.05) is 0 Å². The summed E-state index contributed by atoms with van der Waals surface area (Å²) in [6.45, 7) is -0.290. The van der Waals surface area contributed by atoms with Crippen molar-refractivity contribution in [3.63, 3.8) is 0 Å². The second-order valence-corrected chi connectivity index (χ2v) is 7.90. The number of Topliss-reactive ketones (excluding diaryl/α,β-unsaturated/α-hetero) is 1. The van der Waals surface area contributed by atoms with Gasteiger partial charge in [-0.1, -0.05) is 35.9 Å². The number of hydrogen-bond donors (Lipinski definition) is 1. The van der Waals surface area contributed by atoms with Crippen molar-refractivity contribution in [1.82, 2.24) is 10.2 Å². The van der Waals surface area contributed by atoms with E-state index < -0.39 is 60.2 Å². The summed E-state index contributed by atoms with van der Waals surface area (Å²) in [4.78, 5) is 50.0. The number of carbonyl (C=O) groups is 4. The number of aryl methyl sites for hydroxylation is 1. The van der Waals surface area contributed by atoms with Crippen molar-refractivity contribution in [3.8, 4) is 0 Å². The van der Waals surface area contributed by atoms with E-state index in [1.54, 1.807) is 0 Å². The van der Waals surface area contributed by atoms with Gasteiger partial charge >= 0.3 is 5.92 Å².